The fourth-order valence-corrected chi connectivity index (χ4v) is 2.80. The van der Waals surface area contributed by atoms with Crippen molar-refractivity contribution in [2.45, 2.75) is 40.2 Å². The van der Waals surface area contributed by atoms with Gasteiger partial charge in [0.25, 0.3) is 0 Å². The van der Waals surface area contributed by atoms with Gasteiger partial charge in [-0.15, -0.1) is 24.0 Å². The van der Waals surface area contributed by atoms with E-state index in [1.165, 1.54) is 6.07 Å². The summed E-state index contributed by atoms with van der Waals surface area (Å²) in [6.45, 7) is 10.8. The zero-order valence-corrected chi connectivity index (χ0v) is 19.4. The third kappa shape index (κ3) is 7.40. The second-order valence-corrected chi connectivity index (χ2v) is 7.65. The van der Waals surface area contributed by atoms with Gasteiger partial charge in [0, 0.05) is 43.8 Å². The van der Waals surface area contributed by atoms with Gasteiger partial charge >= 0.3 is 0 Å². The van der Waals surface area contributed by atoms with Crippen LogP contribution < -0.4 is 20.9 Å². The third-order valence-corrected chi connectivity index (χ3v) is 4.26. The molecule has 9 heteroatoms. The quantitative estimate of drug-likeness (QED) is 0.239. The molecule has 7 nitrogen and oxygen atoms in total. The van der Waals surface area contributed by atoms with Gasteiger partial charge in [-0.1, -0.05) is 20.8 Å². The van der Waals surface area contributed by atoms with E-state index in [-0.39, 0.29) is 41.7 Å². The average Bonchev–Trinajstić information content (AvgIpc) is 3.06. The lowest BCUT2D eigenvalue weighted by Gasteiger charge is -2.20. The van der Waals surface area contributed by atoms with Crippen molar-refractivity contribution in [3.63, 3.8) is 0 Å². The first-order valence-corrected chi connectivity index (χ1v) is 9.50. The van der Waals surface area contributed by atoms with Crippen molar-refractivity contribution < 1.29 is 9.18 Å². The normalized spacial score (nSPS) is 17.1. The van der Waals surface area contributed by atoms with Crippen molar-refractivity contribution in [1.29, 1.82) is 0 Å². The average molecular weight is 506 g/mol. The Morgan fingerprint density at radius 3 is 2.79 bits per heavy atom. The fraction of sp³-hybridized carbons (Fsp3) is 0.632. The van der Waals surface area contributed by atoms with Gasteiger partial charge in [0.05, 0.1) is 6.54 Å². The van der Waals surface area contributed by atoms with Gasteiger partial charge in [-0.2, -0.15) is 0 Å². The molecule has 2 rings (SSSR count). The Balaban J connectivity index is 0.00000392. The number of amides is 1. The molecular formula is C19H32FIN6O. The summed E-state index contributed by atoms with van der Waals surface area (Å²) < 4.78 is 13.9. The first kappa shape index (κ1) is 24.4. The van der Waals surface area contributed by atoms with Crippen LogP contribution in [0.25, 0.3) is 0 Å². The second kappa shape index (κ2) is 11.4. The number of pyridine rings is 1. The van der Waals surface area contributed by atoms with Crippen molar-refractivity contribution in [2.24, 2.45) is 10.4 Å². The molecular weight excluding hydrogens is 474 g/mol. The monoisotopic (exact) mass is 506 g/mol. The maximum absolute atomic E-state index is 13.9. The van der Waals surface area contributed by atoms with Gasteiger partial charge in [0.2, 0.25) is 5.91 Å². The van der Waals surface area contributed by atoms with Crippen LogP contribution in [0.1, 0.15) is 34.1 Å². The highest BCUT2D eigenvalue weighted by atomic mass is 127. The van der Waals surface area contributed by atoms with Crippen LogP contribution >= 0.6 is 24.0 Å². The molecule has 1 aromatic rings. The molecule has 28 heavy (non-hydrogen) atoms. The lowest BCUT2D eigenvalue weighted by Crippen LogP contribution is -2.45. The maximum Gasteiger partial charge on any atom is 0.225 e. The van der Waals surface area contributed by atoms with E-state index in [0.717, 1.165) is 19.5 Å². The van der Waals surface area contributed by atoms with Crippen LogP contribution in [0, 0.1) is 11.2 Å². The Morgan fingerprint density at radius 1 is 1.39 bits per heavy atom. The predicted octanol–water partition coefficient (Wildman–Crippen LogP) is 2.13. The molecule has 1 fully saturated rings. The number of aromatic nitrogens is 1. The molecule has 0 aliphatic carbocycles. The topological polar surface area (TPSA) is 81.6 Å². The molecule has 158 valence electrons. The van der Waals surface area contributed by atoms with Crippen molar-refractivity contribution in [3.8, 4) is 0 Å². The smallest absolute Gasteiger partial charge is 0.225 e. The number of carbonyl (C=O) groups excluding carboxylic acids is 1. The van der Waals surface area contributed by atoms with E-state index in [1.54, 1.807) is 12.3 Å². The Labute approximate surface area is 184 Å². The molecule has 1 amide bonds. The minimum absolute atomic E-state index is 0. The number of aliphatic imine (C=N–C) groups is 1. The molecule has 1 aromatic heterocycles. The van der Waals surface area contributed by atoms with Gasteiger partial charge in [-0.3, -0.25) is 9.79 Å². The van der Waals surface area contributed by atoms with E-state index in [2.05, 4.69) is 25.9 Å². The molecule has 2 heterocycles. The number of carbonyl (C=O) groups is 1. The van der Waals surface area contributed by atoms with Gasteiger partial charge < -0.3 is 20.9 Å². The predicted molar refractivity (Wildman–Crippen MR) is 122 cm³/mol. The van der Waals surface area contributed by atoms with Crippen LogP contribution in [0.5, 0.6) is 0 Å². The number of nitrogens with zero attached hydrogens (tertiary/aromatic N) is 3. The van der Waals surface area contributed by atoms with Crippen LogP contribution in [-0.4, -0.2) is 55.6 Å². The van der Waals surface area contributed by atoms with E-state index < -0.39 is 5.41 Å². The SMILES string of the molecule is CCNC(=NCCNC(=O)C(C)(C)C)NC1CCN(c2ncccc2F)C1.I. The van der Waals surface area contributed by atoms with E-state index >= 15 is 0 Å². The molecule has 1 aliphatic rings. The van der Waals surface area contributed by atoms with E-state index in [0.29, 0.717) is 31.4 Å². The molecule has 0 spiro atoms. The summed E-state index contributed by atoms with van der Waals surface area (Å²) >= 11 is 0. The summed E-state index contributed by atoms with van der Waals surface area (Å²) in [6, 6.07) is 3.19. The largest absolute Gasteiger partial charge is 0.357 e. The Kier molecular flexibility index (Phi) is 9.91. The van der Waals surface area contributed by atoms with Gasteiger partial charge in [-0.05, 0) is 25.5 Å². The van der Waals surface area contributed by atoms with Crippen molar-refractivity contribution in [1.82, 2.24) is 20.9 Å². The highest BCUT2D eigenvalue weighted by Gasteiger charge is 2.26. The zero-order valence-electron chi connectivity index (χ0n) is 17.1. The van der Waals surface area contributed by atoms with Gasteiger partial charge in [-0.25, -0.2) is 9.37 Å². The van der Waals surface area contributed by atoms with Crippen LogP contribution in [-0.2, 0) is 4.79 Å². The summed E-state index contributed by atoms with van der Waals surface area (Å²) in [5.41, 5.74) is -0.402. The summed E-state index contributed by atoms with van der Waals surface area (Å²) in [7, 11) is 0. The number of guanidine groups is 1. The Hall–Kier alpha value is -1.65. The Morgan fingerprint density at radius 2 is 2.14 bits per heavy atom. The van der Waals surface area contributed by atoms with Gasteiger partial charge in [0.15, 0.2) is 17.6 Å². The fourth-order valence-electron chi connectivity index (χ4n) is 2.80. The number of anilines is 1. The van der Waals surface area contributed by atoms with Crippen molar-refractivity contribution in [3.05, 3.63) is 24.1 Å². The van der Waals surface area contributed by atoms with Crippen LogP contribution in [0.2, 0.25) is 0 Å². The molecule has 0 aromatic carbocycles. The van der Waals surface area contributed by atoms with Crippen LogP contribution in [0.4, 0.5) is 10.2 Å². The molecule has 3 N–H and O–H groups in total. The van der Waals surface area contributed by atoms with Crippen LogP contribution in [0.15, 0.2) is 23.3 Å². The number of rotatable bonds is 6. The molecule has 0 radical (unpaired) electrons. The van der Waals surface area contributed by atoms with Crippen LogP contribution in [0.3, 0.4) is 0 Å². The lowest BCUT2D eigenvalue weighted by molar-refractivity contribution is -0.128. The van der Waals surface area contributed by atoms with E-state index in [9.17, 15) is 9.18 Å². The number of hydrogen-bond acceptors (Lipinski definition) is 4. The standard InChI is InChI=1S/C19H31FN6O.HI/c1-5-21-18(24-11-10-23-17(27)19(2,3)4)25-14-8-12-26(13-14)16-15(20)7-6-9-22-16;/h6-7,9,14H,5,8,10-13H2,1-4H3,(H,23,27)(H2,21,24,25);1H. The molecule has 1 atom stereocenters. The number of halogens is 2. The number of nitrogens with one attached hydrogen (secondary N) is 3. The highest BCUT2D eigenvalue weighted by Crippen LogP contribution is 2.20. The number of hydrogen-bond donors (Lipinski definition) is 3. The third-order valence-electron chi connectivity index (χ3n) is 4.26. The molecule has 0 bridgehead atoms. The van der Waals surface area contributed by atoms with E-state index in [1.807, 2.05) is 32.6 Å². The summed E-state index contributed by atoms with van der Waals surface area (Å²) in [4.78, 5) is 22.5. The first-order valence-electron chi connectivity index (χ1n) is 9.50. The molecule has 0 saturated carbocycles. The van der Waals surface area contributed by atoms with Crippen molar-refractivity contribution in [2.75, 3.05) is 37.6 Å². The Bertz CT molecular complexity index is 664. The summed E-state index contributed by atoms with van der Waals surface area (Å²) in [5, 5.41) is 9.49. The lowest BCUT2D eigenvalue weighted by atomic mass is 9.96. The molecule has 1 unspecified atom stereocenters. The minimum atomic E-state index is -0.402. The van der Waals surface area contributed by atoms with Crippen molar-refractivity contribution >= 4 is 41.7 Å². The van der Waals surface area contributed by atoms with E-state index in [4.69, 9.17) is 0 Å². The maximum atomic E-state index is 13.9. The highest BCUT2D eigenvalue weighted by molar-refractivity contribution is 14.0. The second-order valence-electron chi connectivity index (χ2n) is 7.65. The first-order chi connectivity index (χ1) is 12.8. The molecule has 1 saturated heterocycles. The summed E-state index contributed by atoms with van der Waals surface area (Å²) in [6.07, 6.45) is 2.48. The molecule has 1 aliphatic heterocycles. The summed E-state index contributed by atoms with van der Waals surface area (Å²) in [5.74, 6) is 0.817. The zero-order chi connectivity index (χ0) is 19.9. The van der Waals surface area contributed by atoms with Gasteiger partial charge in [0.1, 0.15) is 0 Å². The minimum Gasteiger partial charge on any atom is -0.357 e.